The highest BCUT2D eigenvalue weighted by Crippen LogP contribution is 2.21. The molecular formula is C19H21N3O2. The van der Waals surface area contributed by atoms with Crippen molar-refractivity contribution in [1.82, 2.24) is 15.0 Å². The van der Waals surface area contributed by atoms with E-state index in [2.05, 4.69) is 46.2 Å². The van der Waals surface area contributed by atoms with Crippen molar-refractivity contribution in [3.05, 3.63) is 66.1 Å². The lowest BCUT2D eigenvalue weighted by Crippen LogP contribution is -2.22. The van der Waals surface area contributed by atoms with Gasteiger partial charge in [-0.3, -0.25) is 4.90 Å². The molecule has 0 saturated carbocycles. The predicted molar refractivity (Wildman–Crippen MR) is 92.5 cm³/mol. The van der Waals surface area contributed by atoms with Gasteiger partial charge in [-0.05, 0) is 24.2 Å². The molecule has 0 amide bonds. The number of aromatic nitrogens is 2. The van der Waals surface area contributed by atoms with E-state index in [4.69, 9.17) is 9.26 Å². The summed E-state index contributed by atoms with van der Waals surface area (Å²) in [6.45, 7) is 4.52. The van der Waals surface area contributed by atoms with E-state index in [-0.39, 0.29) is 0 Å². The fourth-order valence-electron chi connectivity index (χ4n) is 2.51. The zero-order chi connectivity index (χ0) is 16.8. The third-order valence-corrected chi connectivity index (χ3v) is 3.85. The Morgan fingerprint density at radius 1 is 1.04 bits per heavy atom. The van der Waals surface area contributed by atoms with Crippen molar-refractivity contribution in [2.75, 3.05) is 13.7 Å². The average Bonchev–Trinajstić information content (AvgIpc) is 3.10. The third kappa shape index (κ3) is 4.00. The van der Waals surface area contributed by atoms with Crippen LogP contribution in [0, 0.1) is 0 Å². The van der Waals surface area contributed by atoms with Gasteiger partial charge >= 0.3 is 0 Å². The van der Waals surface area contributed by atoms with Crippen LogP contribution in [0.25, 0.3) is 11.4 Å². The molecule has 0 radical (unpaired) electrons. The first-order chi connectivity index (χ1) is 11.8. The SMILES string of the molecule is CCN(Cc1ccccc1)Cc1nc(-c2cccc(OC)c2)no1. The molecule has 0 N–H and O–H groups in total. The summed E-state index contributed by atoms with van der Waals surface area (Å²) in [5.74, 6) is 1.98. The molecule has 0 aliphatic rings. The minimum absolute atomic E-state index is 0.583. The molecule has 2 aromatic carbocycles. The summed E-state index contributed by atoms with van der Waals surface area (Å²) >= 11 is 0. The summed E-state index contributed by atoms with van der Waals surface area (Å²) in [4.78, 5) is 6.77. The Bertz CT molecular complexity index is 771. The molecule has 0 aliphatic carbocycles. The molecule has 0 atom stereocenters. The van der Waals surface area contributed by atoms with Crippen molar-refractivity contribution in [2.45, 2.75) is 20.0 Å². The molecule has 124 valence electrons. The van der Waals surface area contributed by atoms with Gasteiger partial charge in [0.15, 0.2) is 0 Å². The van der Waals surface area contributed by atoms with Gasteiger partial charge in [0.2, 0.25) is 11.7 Å². The van der Waals surface area contributed by atoms with Crippen LogP contribution in [0.1, 0.15) is 18.4 Å². The van der Waals surface area contributed by atoms with Crippen molar-refractivity contribution in [3.8, 4) is 17.1 Å². The van der Waals surface area contributed by atoms with E-state index in [1.807, 2.05) is 30.3 Å². The van der Waals surface area contributed by atoms with Crippen LogP contribution >= 0.6 is 0 Å². The molecule has 0 saturated heterocycles. The smallest absolute Gasteiger partial charge is 0.241 e. The second-order valence-corrected chi connectivity index (χ2v) is 5.53. The van der Waals surface area contributed by atoms with E-state index in [0.717, 1.165) is 24.4 Å². The van der Waals surface area contributed by atoms with Gasteiger partial charge in [0, 0.05) is 12.1 Å². The normalized spacial score (nSPS) is 11.0. The fourth-order valence-corrected chi connectivity index (χ4v) is 2.51. The summed E-state index contributed by atoms with van der Waals surface area (Å²) in [5, 5.41) is 4.09. The van der Waals surface area contributed by atoms with Gasteiger partial charge in [0.05, 0.1) is 13.7 Å². The average molecular weight is 323 g/mol. The van der Waals surface area contributed by atoms with E-state index >= 15 is 0 Å². The number of ether oxygens (including phenoxy) is 1. The van der Waals surface area contributed by atoms with Crippen LogP contribution in [-0.4, -0.2) is 28.7 Å². The number of methoxy groups -OCH3 is 1. The monoisotopic (exact) mass is 323 g/mol. The van der Waals surface area contributed by atoms with Crippen molar-refractivity contribution in [2.24, 2.45) is 0 Å². The number of hydrogen-bond donors (Lipinski definition) is 0. The summed E-state index contributed by atoms with van der Waals surface area (Å²) in [7, 11) is 1.64. The van der Waals surface area contributed by atoms with Crippen LogP contribution < -0.4 is 4.74 Å². The topological polar surface area (TPSA) is 51.4 Å². The van der Waals surface area contributed by atoms with Crippen molar-refractivity contribution in [1.29, 1.82) is 0 Å². The Kier molecular flexibility index (Phi) is 5.23. The highest BCUT2D eigenvalue weighted by molar-refractivity contribution is 5.56. The van der Waals surface area contributed by atoms with Gasteiger partial charge in [-0.1, -0.05) is 54.5 Å². The molecule has 1 aromatic heterocycles. The molecule has 0 spiro atoms. The van der Waals surface area contributed by atoms with E-state index in [1.165, 1.54) is 5.56 Å². The first-order valence-corrected chi connectivity index (χ1v) is 8.01. The minimum Gasteiger partial charge on any atom is -0.497 e. The first kappa shape index (κ1) is 16.2. The largest absolute Gasteiger partial charge is 0.497 e. The lowest BCUT2D eigenvalue weighted by atomic mass is 10.2. The van der Waals surface area contributed by atoms with Gasteiger partial charge in [-0.25, -0.2) is 0 Å². The summed E-state index contributed by atoms with van der Waals surface area (Å²) in [5.41, 5.74) is 2.15. The Morgan fingerprint density at radius 2 is 1.88 bits per heavy atom. The quantitative estimate of drug-likeness (QED) is 0.662. The maximum absolute atomic E-state index is 5.42. The lowest BCUT2D eigenvalue weighted by Gasteiger charge is -2.18. The summed E-state index contributed by atoms with van der Waals surface area (Å²) in [6.07, 6.45) is 0. The highest BCUT2D eigenvalue weighted by atomic mass is 16.5. The van der Waals surface area contributed by atoms with Crippen molar-refractivity contribution in [3.63, 3.8) is 0 Å². The molecule has 24 heavy (non-hydrogen) atoms. The summed E-state index contributed by atoms with van der Waals surface area (Å²) in [6, 6.07) is 18.0. The molecule has 0 bridgehead atoms. The van der Waals surface area contributed by atoms with Crippen LogP contribution in [0.2, 0.25) is 0 Å². The minimum atomic E-state index is 0.583. The van der Waals surface area contributed by atoms with Gasteiger partial charge in [-0.15, -0.1) is 0 Å². The molecule has 3 rings (SSSR count). The van der Waals surface area contributed by atoms with Crippen LogP contribution in [0.4, 0.5) is 0 Å². The zero-order valence-corrected chi connectivity index (χ0v) is 14.0. The Morgan fingerprint density at radius 3 is 2.62 bits per heavy atom. The maximum atomic E-state index is 5.42. The van der Waals surface area contributed by atoms with Gasteiger partial charge < -0.3 is 9.26 Å². The van der Waals surface area contributed by atoms with Gasteiger partial charge in [0.25, 0.3) is 0 Å². The molecule has 3 aromatic rings. The maximum Gasteiger partial charge on any atom is 0.241 e. The van der Waals surface area contributed by atoms with E-state index in [9.17, 15) is 0 Å². The summed E-state index contributed by atoms with van der Waals surface area (Å²) < 4.78 is 10.7. The Labute approximate surface area is 141 Å². The third-order valence-electron chi connectivity index (χ3n) is 3.85. The standard InChI is InChI=1S/C19H21N3O2/c1-3-22(13-15-8-5-4-6-9-15)14-18-20-19(21-24-18)16-10-7-11-17(12-16)23-2/h4-12H,3,13-14H2,1-2H3. The molecule has 0 fully saturated rings. The molecule has 1 heterocycles. The van der Waals surface area contributed by atoms with Gasteiger partial charge in [-0.2, -0.15) is 4.98 Å². The lowest BCUT2D eigenvalue weighted by molar-refractivity contribution is 0.229. The zero-order valence-electron chi connectivity index (χ0n) is 14.0. The number of hydrogen-bond acceptors (Lipinski definition) is 5. The molecule has 0 unspecified atom stereocenters. The highest BCUT2D eigenvalue weighted by Gasteiger charge is 2.13. The molecular weight excluding hydrogens is 302 g/mol. The molecule has 0 aliphatic heterocycles. The molecule has 5 heteroatoms. The Balaban J connectivity index is 1.70. The van der Waals surface area contributed by atoms with Crippen LogP contribution in [-0.2, 0) is 13.1 Å². The van der Waals surface area contributed by atoms with Crippen LogP contribution in [0.5, 0.6) is 5.75 Å². The van der Waals surface area contributed by atoms with E-state index < -0.39 is 0 Å². The second-order valence-electron chi connectivity index (χ2n) is 5.53. The van der Waals surface area contributed by atoms with E-state index in [0.29, 0.717) is 18.3 Å². The van der Waals surface area contributed by atoms with Crippen molar-refractivity contribution >= 4 is 0 Å². The Hall–Kier alpha value is -2.66. The number of rotatable bonds is 7. The number of nitrogens with zero attached hydrogens (tertiary/aromatic N) is 3. The van der Waals surface area contributed by atoms with Gasteiger partial charge in [0.1, 0.15) is 5.75 Å². The second kappa shape index (κ2) is 7.75. The fraction of sp³-hybridized carbons (Fsp3) is 0.263. The van der Waals surface area contributed by atoms with E-state index in [1.54, 1.807) is 7.11 Å². The van der Waals surface area contributed by atoms with Crippen LogP contribution in [0.15, 0.2) is 59.1 Å². The first-order valence-electron chi connectivity index (χ1n) is 8.01. The molecule has 5 nitrogen and oxygen atoms in total. The number of benzene rings is 2. The van der Waals surface area contributed by atoms with Crippen LogP contribution in [0.3, 0.4) is 0 Å². The van der Waals surface area contributed by atoms with Crippen molar-refractivity contribution < 1.29 is 9.26 Å². The predicted octanol–water partition coefficient (Wildman–Crippen LogP) is 3.77.